The second-order valence-electron chi connectivity index (χ2n) is 4.37. The van der Waals surface area contributed by atoms with Crippen molar-refractivity contribution in [2.75, 3.05) is 0 Å². The summed E-state index contributed by atoms with van der Waals surface area (Å²) in [7, 11) is 0. The minimum atomic E-state index is -1.05. The highest BCUT2D eigenvalue weighted by molar-refractivity contribution is 9.10. The lowest BCUT2D eigenvalue weighted by Gasteiger charge is -2.12. The van der Waals surface area contributed by atoms with Crippen LogP contribution in [0, 0.1) is 0 Å². The predicted molar refractivity (Wildman–Crippen MR) is 82.0 cm³/mol. The van der Waals surface area contributed by atoms with Gasteiger partial charge in [-0.3, -0.25) is 0 Å². The van der Waals surface area contributed by atoms with E-state index in [9.17, 15) is 9.90 Å². The van der Waals surface area contributed by atoms with E-state index in [1.807, 2.05) is 26.0 Å². The topological polar surface area (TPSA) is 72.3 Å². The quantitative estimate of drug-likeness (QED) is 0.886. The summed E-state index contributed by atoms with van der Waals surface area (Å²) in [5, 5.41) is 17.5. The third-order valence-corrected chi connectivity index (χ3v) is 3.58. The second kappa shape index (κ2) is 6.67. The highest BCUT2D eigenvalue weighted by atomic mass is 79.9. The first-order valence-corrected chi connectivity index (χ1v) is 7.41. The SMILES string of the molecule is CCc1nnc(Oc2ccc(Br)cc2)c(C(=O)O)c1CC. The average molecular weight is 351 g/mol. The summed E-state index contributed by atoms with van der Waals surface area (Å²) in [5.74, 6) is -0.510. The maximum Gasteiger partial charge on any atom is 0.341 e. The molecule has 1 N–H and O–H groups in total. The molecule has 6 heteroatoms. The van der Waals surface area contributed by atoms with Gasteiger partial charge in [0.1, 0.15) is 11.3 Å². The summed E-state index contributed by atoms with van der Waals surface area (Å²) in [5.41, 5.74) is 1.46. The van der Waals surface area contributed by atoms with Gasteiger partial charge in [-0.1, -0.05) is 29.8 Å². The summed E-state index contributed by atoms with van der Waals surface area (Å²) >= 11 is 3.33. The molecule has 0 aliphatic rings. The Hall–Kier alpha value is -1.95. The van der Waals surface area contributed by atoms with Gasteiger partial charge in [0.05, 0.1) is 5.69 Å². The zero-order valence-electron chi connectivity index (χ0n) is 11.8. The second-order valence-corrected chi connectivity index (χ2v) is 5.29. The van der Waals surface area contributed by atoms with Crippen molar-refractivity contribution < 1.29 is 14.6 Å². The van der Waals surface area contributed by atoms with Crippen molar-refractivity contribution in [3.05, 3.63) is 45.6 Å². The van der Waals surface area contributed by atoms with Gasteiger partial charge in [-0.2, -0.15) is 5.10 Å². The van der Waals surface area contributed by atoms with E-state index in [-0.39, 0.29) is 11.4 Å². The van der Waals surface area contributed by atoms with Crippen LogP contribution in [0.5, 0.6) is 11.6 Å². The number of hydrogen-bond donors (Lipinski definition) is 1. The van der Waals surface area contributed by atoms with Crippen LogP contribution >= 0.6 is 15.9 Å². The van der Waals surface area contributed by atoms with Crippen molar-refractivity contribution in [3.63, 3.8) is 0 Å². The number of nitrogens with zero attached hydrogens (tertiary/aromatic N) is 2. The molecule has 0 bridgehead atoms. The molecule has 0 fully saturated rings. The fourth-order valence-corrected chi connectivity index (χ4v) is 2.33. The number of rotatable bonds is 5. The lowest BCUT2D eigenvalue weighted by Crippen LogP contribution is -2.11. The Morgan fingerprint density at radius 3 is 2.38 bits per heavy atom. The molecular formula is C15H15BrN2O3. The molecule has 0 spiro atoms. The van der Waals surface area contributed by atoms with Gasteiger partial charge in [0.25, 0.3) is 5.88 Å². The largest absolute Gasteiger partial charge is 0.477 e. The van der Waals surface area contributed by atoms with E-state index in [2.05, 4.69) is 26.1 Å². The average Bonchev–Trinajstić information content (AvgIpc) is 2.48. The normalized spacial score (nSPS) is 10.4. The fourth-order valence-electron chi connectivity index (χ4n) is 2.06. The number of ether oxygens (including phenoxy) is 1. The molecule has 2 rings (SSSR count). The van der Waals surface area contributed by atoms with Gasteiger partial charge >= 0.3 is 5.97 Å². The molecular weight excluding hydrogens is 336 g/mol. The molecule has 1 aromatic heterocycles. The third kappa shape index (κ3) is 3.39. The zero-order valence-corrected chi connectivity index (χ0v) is 13.3. The van der Waals surface area contributed by atoms with Gasteiger partial charge in [-0.05, 0) is 42.7 Å². The van der Waals surface area contributed by atoms with Gasteiger partial charge in [0.2, 0.25) is 0 Å². The van der Waals surface area contributed by atoms with E-state index >= 15 is 0 Å². The summed E-state index contributed by atoms with van der Waals surface area (Å²) in [6, 6.07) is 7.09. The van der Waals surface area contributed by atoms with E-state index in [1.54, 1.807) is 12.1 Å². The molecule has 1 aromatic carbocycles. The van der Waals surface area contributed by atoms with Crippen molar-refractivity contribution >= 4 is 21.9 Å². The summed E-state index contributed by atoms with van der Waals surface area (Å²) < 4.78 is 6.50. The Morgan fingerprint density at radius 2 is 1.86 bits per heavy atom. The molecule has 5 nitrogen and oxygen atoms in total. The molecule has 21 heavy (non-hydrogen) atoms. The molecule has 0 atom stereocenters. The number of halogens is 1. The minimum absolute atomic E-state index is 0.0267. The van der Waals surface area contributed by atoms with Crippen LogP contribution in [0.2, 0.25) is 0 Å². The number of benzene rings is 1. The van der Waals surface area contributed by atoms with Crippen molar-refractivity contribution in [3.8, 4) is 11.6 Å². The molecule has 0 radical (unpaired) electrons. The molecule has 0 saturated heterocycles. The van der Waals surface area contributed by atoms with E-state index in [0.29, 0.717) is 29.8 Å². The molecule has 0 saturated carbocycles. The fraction of sp³-hybridized carbons (Fsp3) is 0.267. The van der Waals surface area contributed by atoms with Crippen LogP contribution < -0.4 is 4.74 Å². The van der Waals surface area contributed by atoms with Crippen molar-refractivity contribution in [2.24, 2.45) is 0 Å². The van der Waals surface area contributed by atoms with E-state index in [0.717, 1.165) is 4.47 Å². The Bertz CT molecular complexity index is 657. The smallest absolute Gasteiger partial charge is 0.341 e. The Kier molecular flexibility index (Phi) is 4.90. The summed E-state index contributed by atoms with van der Waals surface area (Å²) in [4.78, 5) is 11.6. The van der Waals surface area contributed by atoms with Crippen LogP contribution in [0.3, 0.4) is 0 Å². The number of carboxylic acids is 1. The van der Waals surface area contributed by atoms with E-state index < -0.39 is 5.97 Å². The number of hydrogen-bond acceptors (Lipinski definition) is 4. The summed E-state index contributed by atoms with van der Waals surface area (Å²) in [6.45, 7) is 3.82. The van der Waals surface area contributed by atoms with Gasteiger partial charge in [-0.25, -0.2) is 4.79 Å². The van der Waals surface area contributed by atoms with Crippen molar-refractivity contribution in [2.45, 2.75) is 26.7 Å². The van der Waals surface area contributed by atoms with Crippen LogP contribution in [0.15, 0.2) is 28.7 Å². The van der Waals surface area contributed by atoms with Gasteiger partial charge in [-0.15, -0.1) is 5.10 Å². The van der Waals surface area contributed by atoms with Crippen LogP contribution in [-0.4, -0.2) is 21.3 Å². The maximum atomic E-state index is 11.6. The zero-order chi connectivity index (χ0) is 15.4. The number of carboxylic acid groups (broad SMARTS) is 1. The molecule has 0 unspecified atom stereocenters. The molecule has 0 aliphatic carbocycles. The Morgan fingerprint density at radius 1 is 1.19 bits per heavy atom. The molecule has 2 aromatic rings. The third-order valence-electron chi connectivity index (χ3n) is 3.06. The number of aromatic nitrogens is 2. The summed E-state index contributed by atoms with van der Waals surface area (Å²) in [6.07, 6.45) is 1.20. The molecule has 0 aliphatic heterocycles. The highest BCUT2D eigenvalue weighted by Crippen LogP contribution is 2.28. The highest BCUT2D eigenvalue weighted by Gasteiger charge is 2.22. The lowest BCUT2D eigenvalue weighted by molar-refractivity contribution is 0.0691. The van der Waals surface area contributed by atoms with Gasteiger partial charge < -0.3 is 9.84 Å². The number of aryl methyl sites for hydroxylation is 1. The lowest BCUT2D eigenvalue weighted by atomic mass is 10.0. The number of aromatic carboxylic acids is 1. The van der Waals surface area contributed by atoms with Crippen LogP contribution in [-0.2, 0) is 12.8 Å². The predicted octanol–water partition coefficient (Wildman–Crippen LogP) is 3.85. The first kappa shape index (κ1) is 15.4. The first-order valence-electron chi connectivity index (χ1n) is 6.61. The Labute approximate surface area is 131 Å². The van der Waals surface area contributed by atoms with Gasteiger partial charge in [0, 0.05) is 4.47 Å². The first-order chi connectivity index (χ1) is 10.1. The minimum Gasteiger partial charge on any atom is -0.477 e. The van der Waals surface area contributed by atoms with Gasteiger partial charge in [0.15, 0.2) is 0 Å². The molecule has 1 heterocycles. The van der Waals surface area contributed by atoms with Crippen LogP contribution in [0.4, 0.5) is 0 Å². The monoisotopic (exact) mass is 350 g/mol. The van der Waals surface area contributed by atoms with Crippen molar-refractivity contribution in [1.82, 2.24) is 10.2 Å². The maximum absolute atomic E-state index is 11.6. The van der Waals surface area contributed by atoms with E-state index in [4.69, 9.17) is 4.74 Å². The Balaban J connectivity index is 2.48. The molecule has 0 amide bonds. The van der Waals surface area contributed by atoms with Crippen LogP contribution in [0.1, 0.15) is 35.5 Å². The standard InChI is InChI=1S/C15H15BrN2O3/c1-3-11-12(4-2)17-18-14(13(11)15(19)20)21-10-7-5-9(16)6-8-10/h5-8H,3-4H2,1-2H3,(H,19,20). The van der Waals surface area contributed by atoms with E-state index in [1.165, 1.54) is 0 Å². The number of carbonyl (C=O) groups is 1. The van der Waals surface area contributed by atoms with Crippen LogP contribution in [0.25, 0.3) is 0 Å². The molecule has 110 valence electrons. The van der Waals surface area contributed by atoms with Crippen molar-refractivity contribution in [1.29, 1.82) is 0 Å².